The zero-order chi connectivity index (χ0) is 21.3. The largest absolute Gasteiger partial charge is 0.351 e. The monoisotopic (exact) mass is 492 g/mol. The summed E-state index contributed by atoms with van der Waals surface area (Å²) in [6.07, 6.45) is 10.7. The number of hydrogen-bond donors (Lipinski definition) is 2. The van der Waals surface area contributed by atoms with Crippen LogP contribution in [0, 0.1) is 23.2 Å². The minimum atomic E-state index is -0.506. The molecule has 0 aromatic heterocycles. The number of thioether (sulfide) groups is 1. The Balaban J connectivity index is 1.43. The predicted octanol–water partition coefficient (Wildman–Crippen LogP) is 5.02. The minimum absolute atomic E-state index is 0.0345. The van der Waals surface area contributed by atoms with Crippen LogP contribution in [-0.4, -0.2) is 35.9 Å². The molecule has 2 amide bonds. The van der Waals surface area contributed by atoms with Gasteiger partial charge in [0.25, 0.3) is 5.91 Å². The Morgan fingerprint density at radius 1 is 1.10 bits per heavy atom. The van der Waals surface area contributed by atoms with Crippen LogP contribution in [0.25, 0.3) is 0 Å². The van der Waals surface area contributed by atoms with Crippen molar-refractivity contribution < 1.29 is 9.59 Å². The van der Waals surface area contributed by atoms with Gasteiger partial charge < -0.3 is 10.6 Å². The third kappa shape index (κ3) is 4.59. The number of benzene rings is 1. The van der Waals surface area contributed by atoms with E-state index in [-0.39, 0.29) is 23.3 Å². The number of halogens is 1. The van der Waals surface area contributed by atoms with Crippen LogP contribution in [0.4, 0.5) is 0 Å². The van der Waals surface area contributed by atoms with E-state index in [2.05, 4.69) is 33.5 Å². The molecule has 2 atom stereocenters. The molecule has 4 bridgehead atoms. The fourth-order valence-electron chi connectivity index (χ4n) is 6.56. The second-order valence-electron chi connectivity index (χ2n) is 9.80. The number of rotatable bonds is 8. The van der Waals surface area contributed by atoms with Crippen LogP contribution < -0.4 is 10.6 Å². The highest BCUT2D eigenvalue weighted by Crippen LogP contribution is 2.61. The maximum absolute atomic E-state index is 13.3. The van der Waals surface area contributed by atoms with E-state index >= 15 is 0 Å². The smallest absolute Gasteiger partial charge is 0.253 e. The third-order valence-electron chi connectivity index (χ3n) is 7.71. The van der Waals surface area contributed by atoms with Gasteiger partial charge >= 0.3 is 0 Å². The van der Waals surface area contributed by atoms with Gasteiger partial charge in [0.15, 0.2) is 0 Å². The van der Waals surface area contributed by atoms with E-state index in [0.717, 1.165) is 28.0 Å². The molecule has 4 nitrogen and oxygen atoms in total. The van der Waals surface area contributed by atoms with Gasteiger partial charge in [-0.15, -0.1) is 0 Å². The highest BCUT2D eigenvalue weighted by molar-refractivity contribution is 9.10. The molecule has 2 N–H and O–H groups in total. The lowest BCUT2D eigenvalue weighted by atomic mass is 9.48. The lowest BCUT2D eigenvalue weighted by molar-refractivity contribution is -0.127. The van der Waals surface area contributed by atoms with Crippen molar-refractivity contribution in [1.29, 1.82) is 0 Å². The molecular formula is C24H33BrN2O2S. The molecule has 4 saturated carbocycles. The van der Waals surface area contributed by atoms with Crippen molar-refractivity contribution in [3.8, 4) is 0 Å². The van der Waals surface area contributed by atoms with Gasteiger partial charge in [-0.05, 0) is 115 Å². The van der Waals surface area contributed by atoms with Gasteiger partial charge in [-0.25, -0.2) is 0 Å². The summed E-state index contributed by atoms with van der Waals surface area (Å²) in [5, 5.41) is 6.34. The predicted molar refractivity (Wildman–Crippen MR) is 127 cm³/mol. The first-order valence-corrected chi connectivity index (χ1v) is 13.4. The highest BCUT2D eigenvalue weighted by atomic mass is 79.9. The Hall–Kier alpha value is -1.01. The quantitative estimate of drug-likeness (QED) is 0.535. The Morgan fingerprint density at radius 2 is 1.70 bits per heavy atom. The van der Waals surface area contributed by atoms with Crippen molar-refractivity contribution in [3.63, 3.8) is 0 Å². The molecule has 4 aliphatic rings. The summed E-state index contributed by atoms with van der Waals surface area (Å²) in [5.41, 5.74) is 0.828. The first-order chi connectivity index (χ1) is 14.4. The Bertz CT molecular complexity index is 764. The summed E-state index contributed by atoms with van der Waals surface area (Å²) in [5.74, 6) is 3.17. The Morgan fingerprint density at radius 3 is 2.27 bits per heavy atom. The molecule has 30 heavy (non-hydrogen) atoms. The van der Waals surface area contributed by atoms with E-state index in [1.54, 1.807) is 17.8 Å². The van der Waals surface area contributed by atoms with Crippen molar-refractivity contribution in [1.82, 2.24) is 10.6 Å². The summed E-state index contributed by atoms with van der Waals surface area (Å²) >= 11 is 5.14. The molecule has 4 aliphatic carbocycles. The van der Waals surface area contributed by atoms with Gasteiger partial charge in [0.05, 0.1) is 5.56 Å². The summed E-state index contributed by atoms with van der Waals surface area (Å²) in [6.45, 7) is 2.20. The van der Waals surface area contributed by atoms with E-state index < -0.39 is 6.04 Å². The van der Waals surface area contributed by atoms with Crippen LogP contribution in [0.5, 0.6) is 0 Å². The van der Waals surface area contributed by atoms with Crippen LogP contribution in [0.1, 0.15) is 62.2 Å². The highest BCUT2D eigenvalue weighted by Gasteiger charge is 2.53. The van der Waals surface area contributed by atoms with Gasteiger partial charge in [-0.2, -0.15) is 11.8 Å². The molecular weight excluding hydrogens is 460 g/mol. The SMILES string of the molecule is CSCCC(NC(=O)c1ccccc1Br)C(=O)NC(C)C12CC3CC(CC(C3)C1)C2. The standard InChI is InChI=1S/C24H33BrN2O2S/c1-15(24-12-16-9-17(13-24)11-18(10-16)14-24)26-23(29)21(7-8-30-2)27-22(28)19-5-3-4-6-20(19)25/h3-6,15-18,21H,7-14H2,1-2H3,(H,26,29)(H,27,28). The van der Waals surface area contributed by atoms with E-state index in [1.807, 2.05) is 24.5 Å². The minimum Gasteiger partial charge on any atom is -0.351 e. The maximum atomic E-state index is 13.3. The van der Waals surface area contributed by atoms with Crippen LogP contribution in [0.3, 0.4) is 0 Å². The maximum Gasteiger partial charge on any atom is 0.253 e. The number of amides is 2. The number of carbonyl (C=O) groups is 2. The van der Waals surface area contributed by atoms with Crippen molar-refractivity contribution in [2.75, 3.05) is 12.0 Å². The molecule has 0 spiro atoms. The first kappa shape index (κ1) is 22.2. The van der Waals surface area contributed by atoms with Crippen molar-refractivity contribution in [2.45, 2.75) is 64.0 Å². The molecule has 2 unspecified atom stereocenters. The molecule has 0 aliphatic heterocycles. The van der Waals surface area contributed by atoms with Crippen LogP contribution >= 0.6 is 27.7 Å². The van der Waals surface area contributed by atoms with Gasteiger partial charge in [0.2, 0.25) is 5.91 Å². The van der Waals surface area contributed by atoms with Crippen LogP contribution in [0.15, 0.2) is 28.7 Å². The second-order valence-corrected chi connectivity index (χ2v) is 11.6. The van der Waals surface area contributed by atoms with Crippen molar-refractivity contribution in [2.24, 2.45) is 23.2 Å². The van der Waals surface area contributed by atoms with Crippen LogP contribution in [0.2, 0.25) is 0 Å². The van der Waals surface area contributed by atoms with Crippen LogP contribution in [-0.2, 0) is 4.79 Å². The third-order valence-corrected chi connectivity index (χ3v) is 9.05. The topological polar surface area (TPSA) is 58.2 Å². The van der Waals surface area contributed by atoms with E-state index in [1.165, 1.54) is 38.5 Å². The zero-order valence-corrected chi connectivity index (χ0v) is 20.4. The van der Waals surface area contributed by atoms with E-state index in [4.69, 9.17) is 0 Å². The van der Waals surface area contributed by atoms with Gasteiger partial charge in [0, 0.05) is 10.5 Å². The molecule has 0 radical (unpaired) electrons. The molecule has 1 aromatic rings. The van der Waals surface area contributed by atoms with Crippen molar-refractivity contribution >= 4 is 39.5 Å². The number of carbonyl (C=O) groups excluding carboxylic acids is 2. The van der Waals surface area contributed by atoms with E-state index in [0.29, 0.717) is 12.0 Å². The lowest BCUT2D eigenvalue weighted by Gasteiger charge is -2.59. The van der Waals surface area contributed by atoms with Gasteiger partial charge in [-0.1, -0.05) is 12.1 Å². The summed E-state index contributed by atoms with van der Waals surface area (Å²) in [4.78, 5) is 26.1. The first-order valence-electron chi connectivity index (χ1n) is 11.2. The molecule has 0 saturated heterocycles. The molecule has 1 aromatic carbocycles. The molecule has 6 heteroatoms. The normalized spacial score (nSPS) is 31.2. The summed E-state index contributed by atoms with van der Waals surface area (Å²) in [7, 11) is 0. The second kappa shape index (κ2) is 9.23. The summed E-state index contributed by atoms with van der Waals surface area (Å²) in [6, 6.07) is 7.00. The number of hydrogen-bond acceptors (Lipinski definition) is 3. The zero-order valence-electron chi connectivity index (χ0n) is 18.0. The average Bonchev–Trinajstić information content (AvgIpc) is 2.70. The summed E-state index contributed by atoms with van der Waals surface area (Å²) < 4.78 is 0.744. The van der Waals surface area contributed by atoms with Gasteiger partial charge in [-0.3, -0.25) is 9.59 Å². The average molecular weight is 494 g/mol. The van der Waals surface area contributed by atoms with Crippen molar-refractivity contribution in [3.05, 3.63) is 34.3 Å². The fourth-order valence-corrected chi connectivity index (χ4v) is 7.50. The molecule has 4 fully saturated rings. The van der Waals surface area contributed by atoms with Gasteiger partial charge in [0.1, 0.15) is 6.04 Å². The number of nitrogens with one attached hydrogen (secondary N) is 2. The van der Waals surface area contributed by atoms with E-state index in [9.17, 15) is 9.59 Å². The molecule has 164 valence electrons. The molecule has 5 rings (SSSR count). The Labute approximate surface area is 192 Å². The fraction of sp³-hybridized carbons (Fsp3) is 0.667. The lowest BCUT2D eigenvalue weighted by Crippen LogP contribution is -2.58. The molecule has 0 heterocycles. The Kier molecular flexibility index (Phi) is 6.83.